The van der Waals surface area contributed by atoms with E-state index in [1.807, 2.05) is 91.0 Å². The fraction of sp³-hybridized carbons (Fsp3) is 0.444. The molecule has 0 saturated heterocycles. The summed E-state index contributed by atoms with van der Waals surface area (Å²) >= 11 is 0. The Morgan fingerprint density at radius 1 is 0.364 bits per heavy atom. The first kappa shape index (κ1) is 47.7. The van der Waals surface area contributed by atoms with Crippen LogP contribution < -0.4 is 16.0 Å². The van der Waals surface area contributed by atoms with Gasteiger partial charge in [-0.1, -0.05) is 149 Å². The summed E-state index contributed by atoms with van der Waals surface area (Å²) in [5, 5.41) is 9.42. The van der Waals surface area contributed by atoms with Crippen LogP contribution in [0.4, 0.5) is 0 Å². The molecule has 4 aromatic carbocycles. The largest absolute Gasteiger partial charge is 0.352 e. The van der Waals surface area contributed by atoms with E-state index in [9.17, 15) is 14.4 Å². The van der Waals surface area contributed by atoms with Crippen molar-refractivity contribution in [3.05, 3.63) is 143 Å². The monoisotopic (exact) mass is 895 g/mol. The minimum Gasteiger partial charge on any atom is -0.352 e. The van der Waals surface area contributed by atoms with Crippen molar-refractivity contribution in [3.63, 3.8) is 0 Å². The second kappa shape index (κ2) is 24.3. The van der Waals surface area contributed by atoms with Crippen LogP contribution in [0.15, 0.2) is 109 Å². The van der Waals surface area contributed by atoms with Crippen molar-refractivity contribution in [2.45, 2.75) is 134 Å². The molecule has 0 aromatic heterocycles. The van der Waals surface area contributed by atoms with Crippen molar-refractivity contribution >= 4 is 35.4 Å². The Labute approximate surface area is 389 Å². The number of benzene rings is 4. The average Bonchev–Trinajstić information content (AvgIpc) is 3.34. The summed E-state index contributed by atoms with van der Waals surface area (Å²) in [6, 6.07) is 32.6. The van der Waals surface area contributed by atoms with Crippen LogP contribution in [0.25, 0.3) is 0 Å². The van der Waals surface area contributed by atoms with Gasteiger partial charge in [-0.25, -0.2) is 0 Å². The van der Waals surface area contributed by atoms with Crippen molar-refractivity contribution < 1.29 is 28.8 Å². The third-order valence-corrected chi connectivity index (χ3v) is 13.1. The zero-order valence-corrected chi connectivity index (χ0v) is 38.3. The van der Waals surface area contributed by atoms with Crippen LogP contribution in [0, 0.1) is 0 Å². The maximum Gasteiger partial charge on any atom is 0.254 e. The van der Waals surface area contributed by atoms with E-state index in [4.69, 9.17) is 0 Å². The molecular weight excluding hydrogens is 829 g/mol. The fourth-order valence-electron chi connectivity index (χ4n) is 9.64. The molecule has 3 fully saturated rings. The second-order valence-corrected chi connectivity index (χ2v) is 18.4. The van der Waals surface area contributed by atoms with Gasteiger partial charge in [0.05, 0.1) is 0 Å². The Balaban J connectivity index is 1.25. The fourth-order valence-corrected chi connectivity index (χ4v) is 9.64. The number of rotatable bonds is 18. The van der Waals surface area contributed by atoms with Gasteiger partial charge in [0.25, 0.3) is 17.7 Å². The number of hydrogen-bond acceptors (Lipinski definition) is 6. The minimum atomic E-state index is -0.546. The molecule has 0 radical (unpaired) electrons. The van der Waals surface area contributed by atoms with E-state index in [0.29, 0.717) is 0 Å². The third-order valence-electron chi connectivity index (χ3n) is 13.1. The highest BCUT2D eigenvalue weighted by Gasteiger charge is 2.29. The summed E-state index contributed by atoms with van der Waals surface area (Å²) in [5.41, 5.74) is 2.50. The highest BCUT2D eigenvalue weighted by molar-refractivity contribution is 6.06. The number of carbonyl (C=O) groups is 6. The minimum absolute atomic E-state index is 0.0296. The molecule has 0 spiro atoms. The van der Waals surface area contributed by atoms with Crippen LogP contribution in [0.2, 0.25) is 0 Å². The molecule has 3 N–H and O–H groups in total. The number of nitrogens with zero attached hydrogens (tertiary/aromatic N) is 3. The van der Waals surface area contributed by atoms with Crippen LogP contribution >= 0.6 is 0 Å². The van der Waals surface area contributed by atoms with Crippen molar-refractivity contribution in [3.8, 4) is 0 Å². The smallest absolute Gasteiger partial charge is 0.254 e. The highest BCUT2D eigenvalue weighted by Crippen LogP contribution is 2.23. The zero-order valence-electron chi connectivity index (χ0n) is 38.3. The summed E-state index contributed by atoms with van der Waals surface area (Å²) < 4.78 is 0. The number of amides is 6. The zero-order chi connectivity index (χ0) is 46.1. The van der Waals surface area contributed by atoms with Gasteiger partial charge in [0.15, 0.2) is 0 Å². The lowest BCUT2D eigenvalue weighted by atomic mass is 9.95. The first-order chi connectivity index (χ1) is 32.2. The lowest BCUT2D eigenvalue weighted by Gasteiger charge is -2.28. The van der Waals surface area contributed by atoms with Crippen molar-refractivity contribution in [1.29, 1.82) is 0 Å². The number of hydrogen-bond donors (Lipinski definition) is 3. The third kappa shape index (κ3) is 14.3. The molecule has 4 aromatic rings. The summed E-state index contributed by atoms with van der Waals surface area (Å²) in [6.45, 7) is -0.426. The number of nitrogens with one attached hydrogen (secondary N) is 3. The summed E-state index contributed by atoms with van der Waals surface area (Å²) in [7, 11) is 0. The van der Waals surface area contributed by atoms with Gasteiger partial charge in [-0.05, 0) is 73.4 Å². The Morgan fingerprint density at radius 2 is 0.606 bits per heavy atom. The maximum atomic E-state index is 15.0. The van der Waals surface area contributed by atoms with E-state index in [1.165, 1.54) is 32.9 Å². The molecule has 66 heavy (non-hydrogen) atoms. The van der Waals surface area contributed by atoms with E-state index in [0.717, 1.165) is 113 Å². The Morgan fingerprint density at radius 3 is 0.848 bits per heavy atom. The van der Waals surface area contributed by atoms with E-state index >= 15 is 14.4 Å². The Bertz CT molecular complexity index is 1970. The van der Waals surface area contributed by atoms with Gasteiger partial charge in [-0.2, -0.15) is 0 Å². The Kier molecular flexibility index (Phi) is 17.5. The van der Waals surface area contributed by atoms with E-state index in [1.54, 1.807) is 0 Å². The predicted molar refractivity (Wildman–Crippen MR) is 255 cm³/mol. The summed E-state index contributed by atoms with van der Waals surface area (Å²) in [5.74, 6) is -2.50. The lowest BCUT2D eigenvalue weighted by Crippen LogP contribution is -2.45. The van der Waals surface area contributed by atoms with E-state index < -0.39 is 17.7 Å². The van der Waals surface area contributed by atoms with Gasteiger partial charge >= 0.3 is 0 Å². The summed E-state index contributed by atoms with van der Waals surface area (Å²) in [6.07, 6.45) is 14.8. The highest BCUT2D eigenvalue weighted by atomic mass is 16.2. The van der Waals surface area contributed by atoms with Gasteiger partial charge in [-0.3, -0.25) is 28.8 Å². The molecule has 348 valence electrons. The van der Waals surface area contributed by atoms with Gasteiger partial charge in [0.2, 0.25) is 17.7 Å². The van der Waals surface area contributed by atoms with Crippen LogP contribution in [-0.4, -0.2) is 87.9 Å². The van der Waals surface area contributed by atoms with Gasteiger partial charge in [-0.15, -0.1) is 0 Å². The maximum absolute atomic E-state index is 15.0. The van der Waals surface area contributed by atoms with E-state index in [2.05, 4.69) is 16.0 Å². The molecular formula is C54H66N6O6. The quantitative estimate of drug-likeness (QED) is 0.0924. The van der Waals surface area contributed by atoms with Crippen molar-refractivity contribution in [2.75, 3.05) is 19.6 Å². The molecule has 6 amide bonds. The molecule has 0 aliphatic heterocycles. The molecule has 12 nitrogen and oxygen atoms in total. The summed E-state index contributed by atoms with van der Waals surface area (Å²) in [4.78, 5) is 90.5. The molecule has 7 rings (SSSR count). The van der Waals surface area contributed by atoms with Gasteiger partial charge in [0, 0.05) is 54.5 Å². The molecule has 3 saturated carbocycles. The first-order valence-corrected chi connectivity index (χ1v) is 24.2. The molecule has 0 heterocycles. The van der Waals surface area contributed by atoms with Crippen LogP contribution in [-0.2, 0) is 34.0 Å². The van der Waals surface area contributed by atoms with Crippen LogP contribution in [0.1, 0.15) is 144 Å². The van der Waals surface area contributed by atoms with Crippen molar-refractivity contribution in [1.82, 2.24) is 30.7 Å². The van der Waals surface area contributed by atoms with Crippen LogP contribution in [0.3, 0.4) is 0 Å². The molecule has 0 unspecified atom stereocenters. The molecule has 3 aliphatic carbocycles. The number of carbonyl (C=O) groups excluding carboxylic acids is 6. The molecule has 12 heteroatoms. The Hall–Kier alpha value is -6.30. The standard InChI is InChI=1S/C54H66N6O6/c61-49(55-46-25-13-4-14-26-46)37-58(34-40-19-7-1-8-20-40)52(64)43-31-44(53(65)59(35-41-21-9-2-10-22-41)38-50(62)56-47-27-15-5-16-28-47)33-45(32-43)54(66)60(36-42-23-11-3-12-24-42)39-51(63)57-48-29-17-6-18-30-48/h1-3,7-12,19-24,31-33,46-48H,4-6,13-18,25-30,34-39H2,(H,55,61)(H,56,62)(H,57,63). The molecule has 0 bridgehead atoms. The van der Waals surface area contributed by atoms with Gasteiger partial charge < -0.3 is 30.7 Å². The van der Waals surface area contributed by atoms with E-state index in [-0.39, 0.29) is 91.8 Å². The first-order valence-electron chi connectivity index (χ1n) is 24.2. The normalized spacial score (nSPS) is 15.8. The average molecular weight is 895 g/mol. The topological polar surface area (TPSA) is 148 Å². The van der Waals surface area contributed by atoms with Gasteiger partial charge in [0.1, 0.15) is 19.6 Å². The van der Waals surface area contributed by atoms with Crippen LogP contribution in [0.5, 0.6) is 0 Å². The molecule has 0 atom stereocenters. The second-order valence-electron chi connectivity index (χ2n) is 18.4. The lowest BCUT2D eigenvalue weighted by molar-refractivity contribution is -0.123. The van der Waals surface area contributed by atoms with Crippen molar-refractivity contribution in [2.24, 2.45) is 0 Å². The predicted octanol–water partition coefficient (Wildman–Crippen LogP) is 7.96. The SMILES string of the molecule is O=C(CN(Cc1ccccc1)C(=O)c1cc(C(=O)N(CC(=O)NC2CCCCC2)Cc2ccccc2)cc(C(=O)N(CC(=O)NC2CCCCC2)Cc2ccccc2)c1)NC1CCCCC1. The molecule has 3 aliphatic rings.